The molecule has 1 saturated carbocycles. The molecular formula is C22H23N3O3. The van der Waals surface area contributed by atoms with Crippen LogP contribution >= 0.6 is 0 Å². The molecule has 0 bridgehead atoms. The van der Waals surface area contributed by atoms with Crippen molar-refractivity contribution in [2.75, 3.05) is 6.54 Å². The van der Waals surface area contributed by atoms with Gasteiger partial charge in [0.25, 0.3) is 0 Å². The van der Waals surface area contributed by atoms with E-state index in [1.54, 1.807) is 0 Å². The molecule has 4 N–H and O–H groups in total. The number of rotatable bonds is 7. The first kappa shape index (κ1) is 18.3. The Morgan fingerprint density at radius 3 is 2.64 bits per heavy atom. The van der Waals surface area contributed by atoms with Gasteiger partial charge in [0.05, 0.1) is 11.6 Å². The van der Waals surface area contributed by atoms with Crippen LogP contribution in [0.4, 0.5) is 4.79 Å². The summed E-state index contributed by atoms with van der Waals surface area (Å²) in [5, 5.41) is 12.7. The van der Waals surface area contributed by atoms with Gasteiger partial charge in [-0.2, -0.15) is 0 Å². The van der Waals surface area contributed by atoms with Crippen LogP contribution in [0, 0.1) is 5.92 Å². The molecule has 28 heavy (non-hydrogen) atoms. The van der Waals surface area contributed by atoms with Crippen LogP contribution in [0.3, 0.4) is 0 Å². The number of aromatic nitrogens is 1. The van der Waals surface area contributed by atoms with Gasteiger partial charge in [-0.1, -0.05) is 18.2 Å². The van der Waals surface area contributed by atoms with E-state index in [2.05, 4.69) is 16.4 Å². The molecule has 4 rings (SSSR count). The predicted octanol–water partition coefficient (Wildman–Crippen LogP) is 4.25. The Balaban J connectivity index is 1.49. The maximum atomic E-state index is 11.0. The molecule has 6 nitrogen and oxygen atoms in total. The quantitative estimate of drug-likeness (QED) is 0.572. The number of hydrogen-bond donors (Lipinski definition) is 3. The van der Waals surface area contributed by atoms with Gasteiger partial charge in [0.15, 0.2) is 0 Å². The number of ether oxygens (including phenoxy) is 1. The molecule has 144 valence electrons. The van der Waals surface area contributed by atoms with Crippen molar-refractivity contribution in [3.05, 3.63) is 65.7 Å². The molecule has 0 spiro atoms. The lowest BCUT2D eigenvalue weighted by Gasteiger charge is -2.17. The van der Waals surface area contributed by atoms with Crippen LogP contribution < -0.4 is 15.8 Å². The van der Waals surface area contributed by atoms with Crippen LogP contribution in [0.1, 0.15) is 30.0 Å². The fraction of sp³-hybridized carbons (Fsp3) is 0.273. The van der Waals surface area contributed by atoms with E-state index in [1.165, 1.54) is 5.56 Å². The second-order valence-corrected chi connectivity index (χ2v) is 7.15. The minimum Gasteiger partial charge on any atom is -0.465 e. The maximum Gasteiger partial charge on any atom is 0.405 e. The highest BCUT2D eigenvalue weighted by Crippen LogP contribution is 2.41. The summed E-state index contributed by atoms with van der Waals surface area (Å²) < 4.78 is 5.89. The van der Waals surface area contributed by atoms with Crippen molar-refractivity contribution >= 4 is 17.0 Å². The van der Waals surface area contributed by atoms with Gasteiger partial charge >= 0.3 is 6.09 Å². The third-order valence-corrected chi connectivity index (χ3v) is 5.00. The van der Waals surface area contributed by atoms with Gasteiger partial charge in [-0.05, 0) is 73.2 Å². The Labute approximate surface area is 163 Å². The molecule has 1 aliphatic carbocycles. The molecule has 1 unspecified atom stereocenters. The van der Waals surface area contributed by atoms with Crippen molar-refractivity contribution in [1.29, 1.82) is 0 Å². The number of hydrogen-bond acceptors (Lipinski definition) is 4. The molecule has 0 saturated heterocycles. The number of nitrogens with two attached hydrogens (primary N) is 1. The van der Waals surface area contributed by atoms with Gasteiger partial charge in [0.1, 0.15) is 5.75 Å². The molecule has 2 aromatic carbocycles. The number of nitrogens with one attached hydrogen (secondary N) is 1. The first-order valence-electron chi connectivity index (χ1n) is 9.49. The second kappa shape index (κ2) is 7.86. The van der Waals surface area contributed by atoms with Gasteiger partial charge in [0.2, 0.25) is 5.88 Å². The van der Waals surface area contributed by atoms with Crippen LogP contribution in [0.15, 0.2) is 54.6 Å². The van der Waals surface area contributed by atoms with Crippen LogP contribution in [-0.4, -0.2) is 22.7 Å². The summed E-state index contributed by atoms with van der Waals surface area (Å²) in [5.41, 5.74) is 8.64. The summed E-state index contributed by atoms with van der Waals surface area (Å²) in [6, 6.07) is 17.3. The van der Waals surface area contributed by atoms with Crippen LogP contribution in [0.2, 0.25) is 0 Å². The summed E-state index contributed by atoms with van der Waals surface area (Å²) in [6.45, 7) is 0.625. The van der Waals surface area contributed by atoms with E-state index < -0.39 is 6.09 Å². The Bertz CT molecular complexity index is 984. The monoisotopic (exact) mass is 377 g/mol. The maximum absolute atomic E-state index is 11.0. The SMILES string of the molecule is NCCc1ccc2nc(Oc3ccc(C(NC(=O)O)C4CC4)cc3)ccc2c1. The topological polar surface area (TPSA) is 97.5 Å². The lowest BCUT2D eigenvalue weighted by molar-refractivity contribution is 0.188. The van der Waals surface area contributed by atoms with Crippen molar-refractivity contribution in [2.45, 2.75) is 25.3 Å². The van der Waals surface area contributed by atoms with Crippen LogP contribution in [0.25, 0.3) is 10.9 Å². The minimum atomic E-state index is -0.993. The molecule has 1 amide bonds. The zero-order valence-electron chi connectivity index (χ0n) is 15.5. The van der Waals surface area contributed by atoms with E-state index in [9.17, 15) is 4.79 Å². The molecule has 1 aromatic heterocycles. The number of nitrogens with zero attached hydrogens (tertiary/aromatic N) is 1. The summed E-state index contributed by atoms with van der Waals surface area (Å²) >= 11 is 0. The third kappa shape index (κ3) is 4.23. The molecule has 6 heteroatoms. The molecule has 0 radical (unpaired) electrons. The lowest BCUT2D eigenvalue weighted by Crippen LogP contribution is -2.28. The Morgan fingerprint density at radius 1 is 1.18 bits per heavy atom. The molecule has 1 aliphatic rings. The van der Waals surface area contributed by atoms with Crippen molar-refractivity contribution in [1.82, 2.24) is 10.3 Å². The van der Waals surface area contributed by atoms with Crippen molar-refractivity contribution in [2.24, 2.45) is 11.7 Å². The van der Waals surface area contributed by atoms with Crippen molar-refractivity contribution < 1.29 is 14.6 Å². The molecule has 1 atom stereocenters. The second-order valence-electron chi connectivity index (χ2n) is 7.15. The standard InChI is InChI=1S/C22H23N3O3/c23-12-11-14-1-9-19-17(13-14)6-10-20(24-19)28-18-7-4-16(5-8-18)21(15-2-3-15)25-22(26)27/h1,4-10,13,15,21,25H,2-3,11-12,23H2,(H,26,27). The average Bonchev–Trinajstić information content (AvgIpc) is 3.52. The van der Waals surface area contributed by atoms with E-state index in [4.69, 9.17) is 15.6 Å². The zero-order valence-corrected chi connectivity index (χ0v) is 15.5. The van der Waals surface area contributed by atoms with E-state index >= 15 is 0 Å². The zero-order chi connectivity index (χ0) is 19.5. The van der Waals surface area contributed by atoms with Crippen LogP contribution in [0.5, 0.6) is 11.6 Å². The fourth-order valence-electron chi connectivity index (χ4n) is 3.44. The van der Waals surface area contributed by atoms with E-state index in [0.29, 0.717) is 24.1 Å². The highest BCUT2D eigenvalue weighted by molar-refractivity contribution is 5.79. The number of pyridine rings is 1. The first-order valence-corrected chi connectivity index (χ1v) is 9.49. The van der Waals surface area contributed by atoms with Gasteiger partial charge in [-0.15, -0.1) is 0 Å². The van der Waals surface area contributed by atoms with Gasteiger partial charge in [-0.25, -0.2) is 9.78 Å². The van der Waals surface area contributed by atoms with Crippen LogP contribution in [-0.2, 0) is 6.42 Å². The largest absolute Gasteiger partial charge is 0.465 e. The third-order valence-electron chi connectivity index (χ3n) is 5.00. The summed E-state index contributed by atoms with van der Waals surface area (Å²) in [7, 11) is 0. The highest BCUT2D eigenvalue weighted by Gasteiger charge is 2.33. The Hall–Kier alpha value is -3.12. The van der Waals surface area contributed by atoms with Gasteiger partial charge in [0, 0.05) is 11.5 Å². The predicted molar refractivity (Wildman–Crippen MR) is 108 cm³/mol. The lowest BCUT2D eigenvalue weighted by atomic mass is 10.0. The summed E-state index contributed by atoms with van der Waals surface area (Å²) in [6.07, 6.45) is 1.96. The number of fused-ring (bicyclic) bond motifs is 1. The van der Waals surface area contributed by atoms with E-state index in [0.717, 1.165) is 35.7 Å². The minimum absolute atomic E-state index is 0.159. The smallest absolute Gasteiger partial charge is 0.405 e. The molecular weight excluding hydrogens is 354 g/mol. The van der Waals surface area contributed by atoms with Crippen molar-refractivity contribution in [3.63, 3.8) is 0 Å². The number of carboxylic acid groups (broad SMARTS) is 1. The molecule has 1 fully saturated rings. The molecule has 0 aliphatic heterocycles. The number of benzene rings is 2. The normalized spacial score (nSPS) is 14.6. The van der Waals surface area contributed by atoms with Gasteiger partial charge < -0.3 is 20.9 Å². The number of carbonyl (C=O) groups is 1. The Kier molecular flexibility index (Phi) is 5.12. The van der Waals surface area contributed by atoms with E-state index in [1.807, 2.05) is 48.5 Å². The molecule has 3 aromatic rings. The average molecular weight is 377 g/mol. The fourth-order valence-corrected chi connectivity index (χ4v) is 3.44. The Morgan fingerprint density at radius 2 is 1.96 bits per heavy atom. The van der Waals surface area contributed by atoms with Gasteiger partial charge in [-0.3, -0.25) is 0 Å². The summed E-state index contributed by atoms with van der Waals surface area (Å²) in [5.74, 6) is 1.57. The number of amides is 1. The van der Waals surface area contributed by atoms with E-state index in [-0.39, 0.29) is 6.04 Å². The van der Waals surface area contributed by atoms with Crippen molar-refractivity contribution in [3.8, 4) is 11.6 Å². The highest BCUT2D eigenvalue weighted by atomic mass is 16.5. The summed E-state index contributed by atoms with van der Waals surface area (Å²) in [4.78, 5) is 15.6. The molecule has 1 heterocycles. The first-order chi connectivity index (χ1) is 13.6.